The molecule has 136 valence electrons. The van der Waals surface area contributed by atoms with Crippen LogP contribution in [-0.2, 0) is 0 Å². The van der Waals surface area contributed by atoms with Crippen LogP contribution in [0.5, 0.6) is 11.5 Å². The summed E-state index contributed by atoms with van der Waals surface area (Å²) in [6.07, 6.45) is -0.790. The largest absolute Gasteiger partial charge is 0.497 e. The molecule has 2 N–H and O–H groups in total. The molecule has 0 amide bonds. The lowest BCUT2D eigenvalue weighted by molar-refractivity contribution is 0.190. The second kappa shape index (κ2) is 7.83. The van der Waals surface area contributed by atoms with Gasteiger partial charge in [-0.05, 0) is 47.2 Å². The number of aromatic nitrogens is 4. The van der Waals surface area contributed by atoms with Crippen molar-refractivity contribution in [1.29, 1.82) is 0 Å². The van der Waals surface area contributed by atoms with Crippen LogP contribution in [-0.4, -0.2) is 46.1 Å². The summed E-state index contributed by atoms with van der Waals surface area (Å²) in [5.74, 6) is 1.67. The molecule has 8 heteroatoms. The average Bonchev–Trinajstić information content (AvgIpc) is 3.14. The van der Waals surface area contributed by atoms with E-state index in [9.17, 15) is 5.11 Å². The Kier molecular flexibility index (Phi) is 5.33. The smallest absolute Gasteiger partial charge is 0.247 e. The van der Waals surface area contributed by atoms with Gasteiger partial charge in [-0.3, -0.25) is 0 Å². The molecule has 3 rings (SSSR count). The summed E-state index contributed by atoms with van der Waals surface area (Å²) in [7, 11) is 3.14. The highest BCUT2D eigenvalue weighted by atomic mass is 16.5. The summed E-state index contributed by atoms with van der Waals surface area (Å²) >= 11 is 0. The molecular weight excluding hydrogens is 334 g/mol. The number of nitrogens with zero attached hydrogens (tertiary/aromatic N) is 4. The molecule has 0 aliphatic heterocycles. The molecule has 1 aromatic heterocycles. The lowest BCUT2D eigenvalue weighted by Crippen LogP contribution is -2.15. The Morgan fingerprint density at radius 3 is 2.35 bits per heavy atom. The standard InChI is InChI=1S/C18H21N5O3/c1-12-4-6-14(7-5-12)23-18(20-21-22-23)19-11-17(24)13-8-15(25-2)10-16(9-13)26-3/h4-10,17,24H,11H2,1-3H3,(H,19,20,22). The predicted molar refractivity (Wildman–Crippen MR) is 96.9 cm³/mol. The molecule has 8 nitrogen and oxygen atoms in total. The molecule has 0 saturated carbocycles. The van der Waals surface area contributed by atoms with E-state index in [4.69, 9.17) is 9.47 Å². The van der Waals surface area contributed by atoms with Gasteiger partial charge in [0.15, 0.2) is 0 Å². The number of hydrogen-bond acceptors (Lipinski definition) is 7. The Morgan fingerprint density at radius 2 is 1.73 bits per heavy atom. The summed E-state index contributed by atoms with van der Waals surface area (Å²) in [5, 5.41) is 25.3. The van der Waals surface area contributed by atoms with E-state index in [0.717, 1.165) is 11.3 Å². The maximum absolute atomic E-state index is 10.5. The van der Waals surface area contributed by atoms with E-state index in [1.807, 2.05) is 31.2 Å². The van der Waals surface area contributed by atoms with Crippen molar-refractivity contribution in [3.63, 3.8) is 0 Å². The van der Waals surface area contributed by atoms with Crippen molar-refractivity contribution in [2.45, 2.75) is 13.0 Å². The highest BCUT2D eigenvalue weighted by molar-refractivity contribution is 5.42. The van der Waals surface area contributed by atoms with Crippen molar-refractivity contribution in [2.24, 2.45) is 0 Å². The normalized spacial score (nSPS) is 11.8. The molecule has 0 bridgehead atoms. The first-order chi connectivity index (χ1) is 12.6. The number of anilines is 1. The van der Waals surface area contributed by atoms with Crippen molar-refractivity contribution in [3.05, 3.63) is 53.6 Å². The maximum Gasteiger partial charge on any atom is 0.247 e. The minimum atomic E-state index is -0.790. The third-order valence-electron chi connectivity index (χ3n) is 3.96. The summed E-state index contributed by atoms with van der Waals surface area (Å²) < 4.78 is 12.1. The highest BCUT2D eigenvalue weighted by Gasteiger charge is 2.14. The lowest BCUT2D eigenvalue weighted by atomic mass is 10.1. The Bertz CT molecular complexity index is 841. The number of ether oxygens (including phenoxy) is 2. The molecule has 0 aliphatic carbocycles. The van der Waals surface area contributed by atoms with Gasteiger partial charge in [0.2, 0.25) is 5.95 Å². The molecule has 0 radical (unpaired) electrons. The fraction of sp³-hybridized carbons (Fsp3) is 0.278. The van der Waals surface area contributed by atoms with Crippen LogP contribution < -0.4 is 14.8 Å². The number of rotatable bonds is 7. The Morgan fingerprint density at radius 1 is 1.08 bits per heavy atom. The van der Waals surface area contributed by atoms with E-state index >= 15 is 0 Å². The molecule has 1 unspecified atom stereocenters. The molecule has 0 saturated heterocycles. The number of methoxy groups -OCH3 is 2. The number of aliphatic hydroxyl groups is 1. The topological polar surface area (TPSA) is 94.3 Å². The van der Waals surface area contributed by atoms with Crippen molar-refractivity contribution in [1.82, 2.24) is 20.2 Å². The van der Waals surface area contributed by atoms with E-state index in [0.29, 0.717) is 23.0 Å². The first-order valence-corrected chi connectivity index (χ1v) is 8.11. The Labute approximate surface area is 151 Å². The van der Waals surface area contributed by atoms with Crippen molar-refractivity contribution in [2.75, 3.05) is 26.1 Å². The minimum Gasteiger partial charge on any atom is -0.497 e. The van der Waals surface area contributed by atoms with Gasteiger partial charge < -0.3 is 19.9 Å². The van der Waals surface area contributed by atoms with E-state index in [1.165, 1.54) is 0 Å². The fourth-order valence-electron chi connectivity index (χ4n) is 2.48. The predicted octanol–water partition coefficient (Wildman–Crippen LogP) is 2.13. The van der Waals surface area contributed by atoms with Gasteiger partial charge in [-0.2, -0.15) is 4.68 Å². The molecule has 2 aromatic carbocycles. The van der Waals surface area contributed by atoms with Gasteiger partial charge >= 0.3 is 0 Å². The van der Waals surface area contributed by atoms with E-state index in [-0.39, 0.29) is 6.54 Å². The molecule has 0 aliphatic rings. The van der Waals surface area contributed by atoms with Gasteiger partial charge in [0.1, 0.15) is 11.5 Å². The number of aryl methyl sites for hydroxylation is 1. The van der Waals surface area contributed by atoms with E-state index in [1.54, 1.807) is 37.1 Å². The van der Waals surface area contributed by atoms with Gasteiger partial charge in [0.05, 0.1) is 26.0 Å². The van der Waals surface area contributed by atoms with Gasteiger partial charge in [-0.1, -0.05) is 22.8 Å². The van der Waals surface area contributed by atoms with Crippen LogP contribution in [0.15, 0.2) is 42.5 Å². The Balaban J connectivity index is 1.74. The van der Waals surface area contributed by atoms with E-state index < -0.39 is 6.10 Å². The average molecular weight is 355 g/mol. The zero-order chi connectivity index (χ0) is 18.5. The zero-order valence-corrected chi connectivity index (χ0v) is 14.9. The molecule has 1 atom stereocenters. The van der Waals surface area contributed by atoms with Crippen LogP contribution in [0.3, 0.4) is 0 Å². The minimum absolute atomic E-state index is 0.225. The number of benzene rings is 2. The second-order valence-corrected chi connectivity index (χ2v) is 5.79. The first-order valence-electron chi connectivity index (χ1n) is 8.11. The van der Waals surface area contributed by atoms with Crippen LogP contribution in [0.2, 0.25) is 0 Å². The molecular formula is C18H21N5O3. The van der Waals surface area contributed by atoms with Crippen molar-refractivity contribution >= 4 is 5.95 Å². The van der Waals surface area contributed by atoms with Gasteiger partial charge in [-0.25, -0.2) is 0 Å². The van der Waals surface area contributed by atoms with Crippen LogP contribution >= 0.6 is 0 Å². The van der Waals surface area contributed by atoms with Crippen LogP contribution in [0.25, 0.3) is 5.69 Å². The Hall–Kier alpha value is -3.13. The molecule has 0 spiro atoms. The van der Waals surface area contributed by atoms with Gasteiger partial charge in [-0.15, -0.1) is 0 Å². The number of aliphatic hydroxyl groups excluding tert-OH is 1. The molecule has 0 fully saturated rings. The van der Waals surface area contributed by atoms with Gasteiger partial charge in [0.25, 0.3) is 0 Å². The van der Waals surface area contributed by atoms with Crippen LogP contribution in [0, 0.1) is 6.92 Å². The zero-order valence-electron chi connectivity index (χ0n) is 14.9. The SMILES string of the molecule is COc1cc(OC)cc(C(O)CNc2nnnn2-c2ccc(C)cc2)c1. The number of hydrogen-bond donors (Lipinski definition) is 2. The number of tetrazole rings is 1. The van der Waals surface area contributed by atoms with Crippen molar-refractivity contribution < 1.29 is 14.6 Å². The van der Waals surface area contributed by atoms with Crippen molar-refractivity contribution in [3.8, 4) is 17.2 Å². The number of nitrogens with one attached hydrogen (secondary N) is 1. The highest BCUT2D eigenvalue weighted by Crippen LogP contribution is 2.26. The molecule has 26 heavy (non-hydrogen) atoms. The molecule has 3 aromatic rings. The van der Waals surface area contributed by atoms with Gasteiger partial charge in [0, 0.05) is 12.6 Å². The second-order valence-electron chi connectivity index (χ2n) is 5.79. The monoisotopic (exact) mass is 355 g/mol. The fourth-order valence-corrected chi connectivity index (χ4v) is 2.48. The summed E-state index contributed by atoms with van der Waals surface area (Å²) in [6, 6.07) is 13.1. The quantitative estimate of drug-likeness (QED) is 0.670. The summed E-state index contributed by atoms with van der Waals surface area (Å²) in [4.78, 5) is 0. The summed E-state index contributed by atoms with van der Waals surface area (Å²) in [6.45, 7) is 2.24. The molecule has 1 heterocycles. The van der Waals surface area contributed by atoms with Crippen LogP contribution in [0.1, 0.15) is 17.2 Å². The summed E-state index contributed by atoms with van der Waals surface area (Å²) in [5.41, 5.74) is 2.66. The third kappa shape index (κ3) is 3.92. The lowest BCUT2D eigenvalue weighted by Gasteiger charge is -2.15. The maximum atomic E-state index is 10.5. The first kappa shape index (κ1) is 17.7. The van der Waals surface area contributed by atoms with Crippen LogP contribution in [0.4, 0.5) is 5.95 Å². The van der Waals surface area contributed by atoms with E-state index in [2.05, 4.69) is 20.8 Å². The third-order valence-corrected chi connectivity index (χ3v) is 3.96.